The van der Waals surface area contributed by atoms with Crippen LogP contribution in [-0.2, 0) is 11.3 Å². The average Bonchev–Trinajstić information content (AvgIpc) is 2.93. The summed E-state index contributed by atoms with van der Waals surface area (Å²) < 4.78 is 5.00. The van der Waals surface area contributed by atoms with Gasteiger partial charge in [0.25, 0.3) is 5.91 Å². The third-order valence-corrected chi connectivity index (χ3v) is 3.23. The predicted octanol–water partition coefficient (Wildman–Crippen LogP) is 1.31. The van der Waals surface area contributed by atoms with Crippen LogP contribution in [0.4, 0.5) is 5.69 Å². The van der Waals surface area contributed by atoms with Crippen molar-refractivity contribution in [3.63, 3.8) is 0 Å². The summed E-state index contributed by atoms with van der Waals surface area (Å²) in [5, 5.41) is 17.4. The fraction of sp³-hybridized carbons (Fsp3) is 0.357. The van der Waals surface area contributed by atoms with E-state index in [0.29, 0.717) is 12.3 Å². The number of H-pyrrole nitrogens is 1. The molecule has 2 heterocycles. The minimum Gasteiger partial charge on any atom is -0.383 e. The number of carbonyl (C=O) groups is 1. The van der Waals surface area contributed by atoms with Gasteiger partial charge in [-0.05, 0) is 19.1 Å². The highest BCUT2D eigenvalue weighted by Crippen LogP contribution is 2.22. The van der Waals surface area contributed by atoms with E-state index >= 15 is 0 Å². The molecule has 0 unspecified atom stereocenters. The van der Waals surface area contributed by atoms with Crippen LogP contribution in [0, 0.1) is 17.0 Å². The minimum atomic E-state index is -0.610. The van der Waals surface area contributed by atoms with Crippen molar-refractivity contribution in [1.29, 1.82) is 0 Å². The van der Waals surface area contributed by atoms with E-state index in [1.54, 1.807) is 18.3 Å². The number of methoxy groups -OCH3 is 1. The number of hydrogen-bond donors (Lipinski definition) is 1. The lowest BCUT2D eigenvalue weighted by atomic mass is 10.2. The molecule has 0 bridgehead atoms. The molecule has 9 nitrogen and oxygen atoms in total. The number of nitrogens with zero attached hydrogens (tertiary/aromatic N) is 4. The van der Waals surface area contributed by atoms with Crippen molar-refractivity contribution >= 4 is 11.6 Å². The Morgan fingerprint density at radius 1 is 1.48 bits per heavy atom. The molecular formula is C14H17N5O4. The third kappa shape index (κ3) is 3.89. The zero-order valence-electron chi connectivity index (χ0n) is 12.9. The quantitative estimate of drug-likeness (QED) is 0.608. The van der Waals surface area contributed by atoms with E-state index in [4.69, 9.17) is 4.74 Å². The van der Waals surface area contributed by atoms with Gasteiger partial charge in [0, 0.05) is 19.9 Å². The Balaban J connectivity index is 2.28. The van der Waals surface area contributed by atoms with E-state index in [1.807, 2.05) is 6.07 Å². The van der Waals surface area contributed by atoms with E-state index in [-0.39, 0.29) is 30.2 Å². The fourth-order valence-corrected chi connectivity index (χ4v) is 2.09. The number of nitrogens with one attached hydrogen (secondary N) is 1. The van der Waals surface area contributed by atoms with Gasteiger partial charge >= 0.3 is 5.69 Å². The van der Waals surface area contributed by atoms with Gasteiger partial charge in [0.1, 0.15) is 5.69 Å². The van der Waals surface area contributed by atoms with Gasteiger partial charge in [-0.15, -0.1) is 0 Å². The van der Waals surface area contributed by atoms with Crippen LogP contribution >= 0.6 is 0 Å². The lowest BCUT2D eigenvalue weighted by molar-refractivity contribution is -0.385. The first-order chi connectivity index (χ1) is 11.0. The minimum absolute atomic E-state index is 0.209. The fourth-order valence-electron chi connectivity index (χ4n) is 2.09. The highest BCUT2D eigenvalue weighted by molar-refractivity contribution is 5.96. The van der Waals surface area contributed by atoms with Crippen molar-refractivity contribution in [1.82, 2.24) is 20.1 Å². The van der Waals surface area contributed by atoms with Crippen molar-refractivity contribution in [3.8, 4) is 0 Å². The van der Waals surface area contributed by atoms with Gasteiger partial charge in [-0.2, -0.15) is 5.10 Å². The van der Waals surface area contributed by atoms with Gasteiger partial charge < -0.3 is 9.64 Å². The van der Waals surface area contributed by atoms with Crippen molar-refractivity contribution < 1.29 is 14.5 Å². The van der Waals surface area contributed by atoms with Gasteiger partial charge in [0.05, 0.1) is 23.8 Å². The Bertz CT molecular complexity index is 686. The second kappa shape index (κ2) is 7.45. The number of rotatable bonds is 7. The molecular weight excluding hydrogens is 302 g/mol. The SMILES string of the molecule is COCCN(Cc1ccccn1)C(=O)c1n[nH]c(C)c1[N+](=O)[O-]. The van der Waals surface area contributed by atoms with Crippen LogP contribution in [0.1, 0.15) is 21.9 Å². The third-order valence-electron chi connectivity index (χ3n) is 3.23. The molecule has 122 valence electrons. The van der Waals surface area contributed by atoms with Gasteiger partial charge in [-0.1, -0.05) is 6.07 Å². The number of aromatic nitrogens is 3. The smallest absolute Gasteiger partial charge is 0.322 e. The summed E-state index contributed by atoms with van der Waals surface area (Å²) in [6.45, 7) is 2.29. The van der Waals surface area contributed by atoms with Crippen LogP contribution in [0.5, 0.6) is 0 Å². The topological polar surface area (TPSA) is 114 Å². The number of aryl methyl sites for hydroxylation is 1. The van der Waals surface area contributed by atoms with Crippen molar-refractivity contribution in [2.75, 3.05) is 20.3 Å². The molecule has 0 radical (unpaired) electrons. The summed E-state index contributed by atoms with van der Waals surface area (Å²) in [5.41, 5.74) is 0.396. The summed E-state index contributed by atoms with van der Waals surface area (Å²) >= 11 is 0. The molecule has 1 amide bonds. The maximum absolute atomic E-state index is 12.6. The average molecular weight is 319 g/mol. The highest BCUT2D eigenvalue weighted by atomic mass is 16.6. The van der Waals surface area contributed by atoms with Gasteiger partial charge in [-0.25, -0.2) is 0 Å². The lowest BCUT2D eigenvalue weighted by Crippen LogP contribution is -2.34. The van der Waals surface area contributed by atoms with Gasteiger partial charge in [0.15, 0.2) is 0 Å². The summed E-state index contributed by atoms with van der Waals surface area (Å²) in [4.78, 5) is 28.8. The molecule has 1 N–H and O–H groups in total. The molecule has 0 atom stereocenters. The number of nitro groups is 1. The lowest BCUT2D eigenvalue weighted by Gasteiger charge is -2.20. The number of aromatic amines is 1. The van der Waals surface area contributed by atoms with Crippen LogP contribution in [0.2, 0.25) is 0 Å². The molecule has 0 aliphatic rings. The molecule has 0 aliphatic heterocycles. The molecule has 2 aromatic heterocycles. The summed E-state index contributed by atoms with van der Waals surface area (Å²) in [7, 11) is 1.52. The Kier molecular flexibility index (Phi) is 5.36. The molecule has 0 spiro atoms. The molecule has 0 aliphatic carbocycles. The van der Waals surface area contributed by atoms with E-state index < -0.39 is 10.8 Å². The van der Waals surface area contributed by atoms with Crippen LogP contribution < -0.4 is 0 Å². The second-order valence-electron chi connectivity index (χ2n) is 4.84. The normalized spacial score (nSPS) is 10.5. The Morgan fingerprint density at radius 2 is 2.26 bits per heavy atom. The summed E-state index contributed by atoms with van der Waals surface area (Å²) in [6.07, 6.45) is 1.62. The number of carbonyl (C=O) groups excluding carboxylic acids is 1. The zero-order chi connectivity index (χ0) is 16.8. The number of pyridine rings is 1. The predicted molar refractivity (Wildman–Crippen MR) is 80.8 cm³/mol. The van der Waals surface area contributed by atoms with E-state index in [9.17, 15) is 14.9 Å². The van der Waals surface area contributed by atoms with Gasteiger partial charge in [0.2, 0.25) is 5.69 Å². The van der Waals surface area contributed by atoms with Crippen LogP contribution in [0.15, 0.2) is 24.4 Å². The number of ether oxygens (including phenoxy) is 1. The van der Waals surface area contributed by atoms with Crippen molar-refractivity contribution in [2.45, 2.75) is 13.5 Å². The van der Waals surface area contributed by atoms with Crippen molar-refractivity contribution in [2.24, 2.45) is 0 Å². The van der Waals surface area contributed by atoms with Crippen LogP contribution in [0.3, 0.4) is 0 Å². The van der Waals surface area contributed by atoms with Crippen LogP contribution in [-0.4, -0.2) is 51.2 Å². The van der Waals surface area contributed by atoms with E-state index in [0.717, 1.165) is 0 Å². The first-order valence-electron chi connectivity index (χ1n) is 6.92. The molecule has 2 aromatic rings. The number of amides is 1. The molecule has 9 heteroatoms. The molecule has 2 rings (SSSR count). The van der Waals surface area contributed by atoms with Crippen LogP contribution in [0.25, 0.3) is 0 Å². The Morgan fingerprint density at radius 3 is 2.87 bits per heavy atom. The molecule has 0 saturated carbocycles. The number of hydrogen-bond acceptors (Lipinski definition) is 6. The summed E-state index contributed by atoms with van der Waals surface area (Å²) in [5.74, 6) is -0.538. The first-order valence-corrected chi connectivity index (χ1v) is 6.92. The van der Waals surface area contributed by atoms with E-state index in [2.05, 4.69) is 15.2 Å². The second-order valence-corrected chi connectivity index (χ2v) is 4.84. The van der Waals surface area contributed by atoms with Crippen molar-refractivity contribution in [3.05, 3.63) is 51.6 Å². The van der Waals surface area contributed by atoms with Gasteiger partial charge in [-0.3, -0.25) is 25.0 Å². The maximum atomic E-state index is 12.6. The Labute approximate surface area is 132 Å². The zero-order valence-corrected chi connectivity index (χ0v) is 12.9. The summed E-state index contributed by atoms with van der Waals surface area (Å²) in [6, 6.07) is 5.35. The molecule has 0 aromatic carbocycles. The maximum Gasteiger partial charge on any atom is 0.322 e. The first kappa shape index (κ1) is 16.6. The molecule has 0 fully saturated rings. The van der Waals surface area contributed by atoms with E-state index in [1.165, 1.54) is 18.9 Å². The largest absolute Gasteiger partial charge is 0.383 e. The monoisotopic (exact) mass is 319 g/mol. The highest BCUT2D eigenvalue weighted by Gasteiger charge is 2.30. The molecule has 0 saturated heterocycles. The Hall–Kier alpha value is -2.81. The standard InChI is InChI=1S/C14H17N5O4/c1-10-13(19(21)22)12(17-16-10)14(20)18(7-8-23-2)9-11-5-3-4-6-15-11/h3-6H,7-9H2,1-2H3,(H,16,17). The molecule has 23 heavy (non-hydrogen) atoms.